The van der Waals surface area contributed by atoms with Crippen molar-refractivity contribution in [1.82, 2.24) is 10.3 Å². The molecule has 0 aliphatic rings. The molecule has 0 radical (unpaired) electrons. The molecule has 1 amide bonds. The molecule has 5 nitrogen and oxygen atoms in total. The molecule has 160 valence electrons. The van der Waals surface area contributed by atoms with Gasteiger partial charge in [-0.15, -0.1) is 0 Å². The van der Waals surface area contributed by atoms with Crippen molar-refractivity contribution >= 4 is 11.7 Å². The van der Waals surface area contributed by atoms with Crippen molar-refractivity contribution in [1.29, 1.82) is 0 Å². The Balaban J connectivity index is 1.45. The topological polar surface area (TPSA) is 63.2 Å². The van der Waals surface area contributed by atoms with Crippen molar-refractivity contribution in [2.45, 2.75) is 6.54 Å². The SMILES string of the molecule is O=C(NCCOc1ccccc1)c1ccc(NCc2ccccc2)nc1-c1ccccc1. The Kier molecular flexibility index (Phi) is 7.11. The highest BCUT2D eigenvalue weighted by molar-refractivity contribution is 6.00. The van der Waals surface area contributed by atoms with Gasteiger partial charge in [0.1, 0.15) is 18.2 Å². The Hall–Kier alpha value is -4.12. The summed E-state index contributed by atoms with van der Waals surface area (Å²) in [6, 6.07) is 33.1. The van der Waals surface area contributed by atoms with Gasteiger partial charge in [0.2, 0.25) is 0 Å². The highest BCUT2D eigenvalue weighted by atomic mass is 16.5. The highest BCUT2D eigenvalue weighted by Crippen LogP contribution is 2.24. The first-order valence-corrected chi connectivity index (χ1v) is 10.6. The molecule has 0 unspecified atom stereocenters. The quantitative estimate of drug-likeness (QED) is 0.365. The van der Waals surface area contributed by atoms with Crippen LogP contribution in [0.4, 0.5) is 5.82 Å². The lowest BCUT2D eigenvalue weighted by molar-refractivity contribution is 0.0947. The molecule has 0 saturated heterocycles. The predicted octanol–water partition coefficient (Wildman–Crippen LogP) is 5.17. The number of carbonyl (C=O) groups excluding carboxylic acids is 1. The fourth-order valence-electron chi connectivity index (χ4n) is 3.29. The van der Waals surface area contributed by atoms with Crippen LogP contribution in [0.5, 0.6) is 5.75 Å². The predicted molar refractivity (Wildman–Crippen MR) is 128 cm³/mol. The molecule has 0 atom stereocenters. The first kappa shape index (κ1) is 21.1. The van der Waals surface area contributed by atoms with Crippen molar-refractivity contribution in [2.24, 2.45) is 0 Å². The number of aromatic nitrogens is 1. The van der Waals surface area contributed by atoms with Gasteiger partial charge >= 0.3 is 0 Å². The Morgan fingerprint density at radius 1 is 0.781 bits per heavy atom. The molecule has 1 aromatic heterocycles. The van der Waals surface area contributed by atoms with Gasteiger partial charge in [0.05, 0.1) is 17.8 Å². The third kappa shape index (κ3) is 5.73. The number of para-hydroxylation sites is 1. The number of pyridine rings is 1. The smallest absolute Gasteiger partial charge is 0.253 e. The van der Waals surface area contributed by atoms with E-state index < -0.39 is 0 Å². The second kappa shape index (κ2) is 10.8. The highest BCUT2D eigenvalue weighted by Gasteiger charge is 2.15. The summed E-state index contributed by atoms with van der Waals surface area (Å²) < 4.78 is 5.66. The molecule has 3 aromatic carbocycles. The number of anilines is 1. The summed E-state index contributed by atoms with van der Waals surface area (Å²) in [6.45, 7) is 1.45. The number of nitrogens with one attached hydrogen (secondary N) is 2. The summed E-state index contributed by atoms with van der Waals surface area (Å²) >= 11 is 0. The summed E-state index contributed by atoms with van der Waals surface area (Å²) in [5.74, 6) is 1.32. The minimum atomic E-state index is -0.178. The van der Waals surface area contributed by atoms with E-state index in [0.29, 0.717) is 31.0 Å². The monoisotopic (exact) mass is 423 g/mol. The van der Waals surface area contributed by atoms with Gasteiger partial charge in [0.15, 0.2) is 0 Å². The maximum Gasteiger partial charge on any atom is 0.253 e. The van der Waals surface area contributed by atoms with Crippen molar-refractivity contribution in [3.63, 3.8) is 0 Å². The molecule has 0 aliphatic heterocycles. The van der Waals surface area contributed by atoms with E-state index in [1.807, 2.05) is 91.0 Å². The molecular formula is C27H25N3O2. The third-order valence-corrected chi connectivity index (χ3v) is 4.90. The van der Waals surface area contributed by atoms with E-state index in [2.05, 4.69) is 22.8 Å². The van der Waals surface area contributed by atoms with Gasteiger partial charge in [0, 0.05) is 12.1 Å². The summed E-state index contributed by atoms with van der Waals surface area (Å²) in [5, 5.41) is 6.28. The van der Waals surface area contributed by atoms with Gasteiger partial charge in [-0.3, -0.25) is 4.79 Å². The van der Waals surface area contributed by atoms with Gasteiger partial charge in [-0.1, -0.05) is 78.9 Å². The van der Waals surface area contributed by atoms with E-state index in [-0.39, 0.29) is 5.91 Å². The van der Waals surface area contributed by atoms with Gasteiger partial charge < -0.3 is 15.4 Å². The summed E-state index contributed by atoms with van der Waals surface area (Å²) in [4.78, 5) is 17.7. The fraction of sp³-hybridized carbons (Fsp3) is 0.111. The number of nitrogens with zero attached hydrogens (tertiary/aromatic N) is 1. The van der Waals surface area contributed by atoms with Crippen LogP contribution < -0.4 is 15.4 Å². The van der Waals surface area contributed by atoms with Crippen molar-refractivity contribution in [3.05, 3.63) is 114 Å². The zero-order chi connectivity index (χ0) is 22.0. The molecule has 32 heavy (non-hydrogen) atoms. The maximum atomic E-state index is 12.9. The summed E-state index contributed by atoms with van der Waals surface area (Å²) in [6.07, 6.45) is 0. The lowest BCUT2D eigenvalue weighted by atomic mass is 10.0. The molecule has 0 spiro atoms. The van der Waals surface area contributed by atoms with E-state index >= 15 is 0 Å². The lowest BCUT2D eigenvalue weighted by Crippen LogP contribution is -2.28. The number of ether oxygens (including phenoxy) is 1. The second-order valence-electron chi connectivity index (χ2n) is 7.22. The molecule has 0 bridgehead atoms. The van der Waals surface area contributed by atoms with E-state index in [0.717, 1.165) is 22.7 Å². The average molecular weight is 424 g/mol. The van der Waals surface area contributed by atoms with Gasteiger partial charge in [-0.05, 0) is 29.8 Å². The molecule has 0 saturated carbocycles. The molecular weight excluding hydrogens is 398 g/mol. The van der Waals surface area contributed by atoms with Crippen LogP contribution >= 0.6 is 0 Å². The van der Waals surface area contributed by atoms with Gasteiger partial charge in [-0.25, -0.2) is 4.98 Å². The van der Waals surface area contributed by atoms with Crippen LogP contribution in [0.25, 0.3) is 11.3 Å². The zero-order valence-corrected chi connectivity index (χ0v) is 17.7. The van der Waals surface area contributed by atoms with Crippen LogP contribution in [0.2, 0.25) is 0 Å². The molecule has 2 N–H and O–H groups in total. The fourth-order valence-corrected chi connectivity index (χ4v) is 3.29. The van der Waals surface area contributed by atoms with Crippen LogP contribution in [0.3, 0.4) is 0 Å². The molecule has 5 heteroatoms. The van der Waals surface area contributed by atoms with Gasteiger partial charge in [-0.2, -0.15) is 0 Å². The van der Waals surface area contributed by atoms with Crippen LogP contribution in [0.15, 0.2) is 103 Å². The van der Waals surface area contributed by atoms with Crippen LogP contribution in [0, 0.1) is 0 Å². The molecule has 0 fully saturated rings. The number of rotatable bonds is 9. The standard InChI is InChI=1S/C27H25N3O2/c31-27(28-18-19-32-23-14-8-3-9-15-23)24-16-17-25(29-20-21-10-4-1-5-11-21)30-26(24)22-12-6-2-7-13-22/h1-17H,18-20H2,(H,28,31)(H,29,30). The van der Waals surface area contributed by atoms with E-state index in [1.165, 1.54) is 0 Å². The molecule has 4 aromatic rings. The summed E-state index contributed by atoms with van der Waals surface area (Å²) in [5.41, 5.74) is 3.23. The average Bonchev–Trinajstić information content (AvgIpc) is 2.87. The van der Waals surface area contributed by atoms with Crippen molar-refractivity contribution in [2.75, 3.05) is 18.5 Å². The first-order valence-electron chi connectivity index (χ1n) is 10.6. The summed E-state index contributed by atoms with van der Waals surface area (Å²) in [7, 11) is 0. The van der Waals surface area contributed by atoms with E-state index in [1.54, 1.807) is 0 Å². The molecule has 0 aliphatic carbocycles. The largest absolute Gasteiger partial charge is 0.492 e. The zero-order valence-electron chi connectivity index (χ0n) is 17.7. The molecule has 4 rings (SSSR count). The third-order valence-electron chi connectivity index (χ3n) is 4.90. The Bertz CT molecular complexity index is 1130. The van der Waals surface area contributed by atoms with Crippen LogP contribution in [-0.2, 0) is 6.54 Å². The Labute approximate surface area is 188 Å². The normalized spacial score (nSPS) is 10.4. The van der Waals surface area contributed by atoms with Crippen molar-refractivity contribution in [3.8, 4) is 17.0 Å². The number of hydrogen-bond acceptors (Lipinski definition) is 4. The van der Waals surface area contributed by atoms with E-state index in [4.69, 9.17) is 9.72 Å². The van der Waals surface area contributed by atoms with Gasteiger partial charge in [0.25, 0.3) is 5.91 Å². The van der Waals surface area contributed by atoms with Crippen LogP contribution in [-0.4, -0.2) is 24.0 Å². The van der Waals surface area contributed by atoms with Crippen molar-refractivity contribution < 1.29 is 9.53 Å². The maximum absolute atomic E-state index is 12.9. The minimum absolute atomic E-state index is 0.178. The lowest BCUT2D eigenvalue weighted by Gasteiger charge is -2.13. The Morgan fingerprint density at radius 2 is 1.44 bits per heavy atom. The number of hydrogen-bond donors (Lipinski definition) is 2. The number of benzene rings is 3. The minimum Gasteiger partial charge on any atom is -0.492 e. The van der Waals surface area contributed by atoms with Crippen LogP contribution in [0.1, 0.15) is 15.9 Å². The molecule has 1 heterocycles. The Morgan fingerprint density at radius 3 is 2.16 bits per heavy atom. The number of amides is 1. The number of carbonyl (C=O) groups is 1. The first-order chi connectivity index (χ1) is 15.8. The van der Waals surface area contributed by atoms with E-state index in [9.17, 15) is 4.79 Å². The second-order valence-corrected chi connectivity index (χ2v) is 7.22.